The summed E-state index contributed by atoms with van der Waals surface area (Å²) in [6.07, 6.45) is 5.25. The number of hydrogen-bond donors (Lipinski definition) is 1. The third kappa shape index (κ3) is 2.53. The molecule has 24 heavy (non-hydrogen) atoms. The Morgan fingerprint density at radius 2 is 2.21 bits per heavy atom. The number of fused-ring (bicyclic) bond motifs is 2. The summed E-state index contributed by atoms with van der Waals surface area (Å²) in [7, 11) is 0. The van der Waals surface area contributed by atoms with Gasteiger partial charge >= 0.3 is 0 Å². The van der Waals surface area contributed by atoms with E-state index < -0.39 is 0 Å². The molecule has 0 bridgehead atoms. The largest absolute Gasteiger partial charge is 0.328 e. The van der Waals surface area contributed by atoms with Crippen LogP contribution in [0.1, 0.15) is 24.4 Å². The number of hydrogen-bond acceptors (Lipinski definition) is 5. The SMILES string of the molecule is CSc1nc2n(n1)[C@@H](c1ccc(Cl)cc1Cl)[C@@H]1C(=O)CCC=C1N2. The van der Waals surface area contributed by atoms with Crippen LogP contribution in [-0.4, -0.2) is 26.8 Å². The first kappa shape index (κ1) is 16.0. The van der Waals surface area contributed by atoms with Gasteiger partial charge in [-0.3, -0.25) is 4.79 Å². The Bertz CT molecular complexity index is 864. The Labute approximate surface area is 153 Å². The highest BCUT2D eigenvalue weighted by Crippen LogP contribution is 2.44. The van der Waals surface area contributed by atoms with Crippen LogP contribution < -0.4 is 5.32 Å². The Morgan fingerprint density at radius 1 is 1.38 bits per heavy atom. The van der Waals surface area contributed by atoms with Gasteiger partial charge in [-0.1, -0.05) is 47.1 Å². The Morgan fingerprint density at radius 3 is 2.96 bits per heavy atom. The first-order chi connectivity index (χ1) is 11.6. The fourth-order valence-corrected chi connectivity index (χ4v) is 4.16. The lowest BCUT2D eigenvalue weighted by Crippen LogP contribution is -2.38. The maximum atomic E-state index is 12.7. The van der Waals surface area contributed by atoms with Gasteiger partial charge in [0.15, 0.2) is 0 Å². The number of nitrogens with one attached hydrogen (secondary N) is 1. The lowest BCUT2D eigenvalue weighted by Gasteiger charge is -2.36. The van der Waals surface area contributed by atoms with Crippen LogP contribution in [0.4, 0.5) is 5.95 Å². The van der Waals surface area contributed by atoms with Gasteiger partial charge in [0.05, 0.1) is 12.0 Å². The molecular formula is C16H14Cl2N4OS. The second-order valence-electron chi connectivity index (χ2n) is 5.74. The minimum Gasteiger partial charge on any atom is -0.328 e. The molecule has 0 radical (unpaired) electrons. The highest BCUT2D eigenvalue weighted by molar-refractivity contribution is 7.98. The first-order valence-electron chi connectivity index (χ1n) is 7.53. The van der Waals surface area contributed by atoms with Crippen LogP contribution in [-0.2, 0) is 4.79 Å². The molecule has 0 fully saturated rings. The second kappa shape index (κ2) is 6.10. The van der Waals surface area contributed by atoms with Crippen molar-refractivity contribution in [2.75, 3.05) is 11.6 Å². The Hall–Kier alpha value is -1.50. The van der Waals surface area contributed by atoms with Gasteiger partial charge in [-0.25, -0.2) is 4.68 Å². The van der Waals surface area contributed by atoms with Crippen molar-refractivity contribution in [2.24, 2.45) is 5.92 Å². The molecule has 0 spiro atoms. The lowest BCUT2D eigenvalue weighted by molar-refractivity contribution is -0.123. The van der Waals surface area contributed by atoms with Crippen molar-refractivity contribution in [2.45, 2.75) is 24.0 Å². The molecule has 1 aliphatic carbocycles. The van der Waals surface area contributed by atoms with E-state index in [-0.39, 0.29) is 17.7 Å². The minimum atomic E-state index is -0.332. The van der Waals surface area contributed by atoms with Gasteiger partial charge in [0.2, 0.25) is 11.1 Å². The fraction of sp³-hybridized carbons (Fsp3) is 0.312. The first-order valence-corrected chi connectivity index (χ1v) is 9.52. The molecule has 1 N–H and O–H groups in total. The minimum absolute atomic E-state index is 0.183. The van der Waals surface area contributed by atoms with Crippen molar-refractivity contribution in [3.05, 3.63) is 45.6 Å². The number of halogens is 2. The van der Waals surface area contributed by atoms with Gasteiger partial charge in [0.1, 0.15) is 5.78 Å². The third-order valence-corrected chi connectivity index (χ3v) is 5.45. The smallest absolute Gasteiger partial charge is 0.227 e. The fourth-order valence-electron chi connectivity index (χ4n) is 3.29. The topological polar surface area (TPSA) is 59.8 Å². The van der Waals surface area contributed by atoms with Crippen molar-refractivity contribution in [3.8, 4) is 0 Å². The van der Waals surface area contributed by atoms with Gasteiger partial charge in [-0.2, -0.15) is 4.98 Å². The average Bonchev–Trinajstić information content (AvgIpc) is 2.96. The number of anilines is 1. The predicted octanol–water partition coefficient (Wildman–Crippen LogP) is 4.18. The van der Waals surface area contributed by atoms with Crippen molar-refractivity contribution < 1.29 is 4.79 Å². The zero-order chi connectivity index (χ0) is 16.8. The van der Waals surface area contributed by atoms with E-state index in [2.05, 4.69) is 21.5 Å². The van der Waals surface area contributed by atoms with Crippen LogP contribution in [0.25, 0.3) is 0 Å². The summed E-state index contributed by atoms with van der Waals surface area (Å²) >= 11 is 13.9. The number of aromatic nitrogens is 3. The Kier molecular flexibility index (Phi) is 4.06. The molecule has 124 valence electrons. The molecular weight excluding hydrogens is 367 g/mol. The van der Waals surface area contributed by atoms with Crippen molar-refractivity contribution >= 4 is 46.7 Å². The summed E-state index contributed by atoms with van der Waals surface area (Å²) < 4.78 is 1.77. The van der Waals surface area contributed by atoms with E-state index in [0.29, 0.717) is 27.6 Å². The van der Waals surface area contributed by atoms with E-state index in [1.54, 1.807) is 16.8 Å². The van der Waals surface area contributed by atoms with E-state index in [1.165, 1.54) is 11.8 Å². The highest BCUT2D eigenvalue weighted by atomic mass is 35.5. The summed E-state index contributed by atoms with van der Waals surface area (Å²) in [5.41, 5.74) is 1.71. The monoisotopic (exact) mass is 380 g/mol. The van der Waals surface area contributed by atoms with E-state index in [1.807, 2.05) is 12.3 Å². The molecule has 0 saturated heterocycles. The summed E-state index contributed by atoms with van der Waals surface area (Å²) in [5, 5.41) is 9.55. The number of thioether (sulfide) groups is 1. The number of Topliss-reactive ketones (excluding diaryl/α,β-unsaturated/α-hetero) is 1. The molecule has 8 heteroatoms. The molecule has 2 heterocycles. The number of benzene rings is 1. The predicted molar refractivity (Wildman–Crippen MR) is 95.8 cm³/mol. The van der Waals surface area contributed by atoms with E-state index >= 15 is 0 Å². The van der Waals surface area contributed by atoms with E-state index in [4.69, 9.17) is 23.2 Å². The number of ketones is 1. The number of allylic oxidation sites excluding steroid dienone is 2. The normalized spacial score (nSPS) is 22.5. The van der Waals surface area contributed by atoms with Gasteiger partial charge < -0.3 is 5.32 Å². The van der Waals surface area contributed by atoms with E-state index in [9.17, 15) is 4.79 Å². The van der Waals surface area contributed by atoms with E-state index in [0.717, 1.165) is 17.7 Å². The summed E-state index contributed by atoms with van der Waals surface area (Å²) in [4.78, 5) is 17.2. The maximum Gasteiger partial charge on any atom is 0.227 e. The molecule has 4 rings (SSSR count). The zero-order valence-corrected chi connectivity index (χ0v) is 15.1. The van der Waals surface area contributed by atoms with Crippen molar-refractivity contribution in [1.82, 2.24) is 14.8 Å². The number of nitrogens with zero attached hydrogens (tertiary/aromatic N) is 3. The van der Waals surface area contributed by atoms with Gasteiger partial charge in [0, 0.05) is 22.2 Å². The van der Waals surface area contributed by atoms with Gasteiger partial charge in [-0.15, -0.1) is 5.10 Å². The molecule has 1 aliphatic heterocycles. The standard InChI is InChI=1S/C16H14Cl2N4OS/c1-24-16-20-15-19-11-3-2-4-12(23)13(11)14(22(15)21-16)9-6-5-8(17)7-10(9)18/h3,5-7,13-14H,2,4H2,1H3,(H,19,20,21)/t13-,14-/m0/s1. The second-order valence-corrected chi connectivity index (χ2v) is 7.36. The highest BCUT2D eigenvalue weighted by Gasteiger charge is 2.42. The summed E-state index contributed by atoms with van der Waals surface area (Å²) in [5.74, 6) is 0.483. The van der Waals surface area contributed by atoms with Crippen LogP contribution in [0.2, 0.25) is 10.0 Å². The molecule has 1 aromatic carbocycles. The van der Waals surface area contributed by atoms with Crippen molar-refractivity contribution in [3.63, 3.8) is 0 Å². The van der Waals surface area contributed by atoms with Crippen LogP contribution >= 0.6 is 35.0 Å². The van der Waals surface area contributed by atoms with Crippen LogP contribution in [0.5, 0.6) is 0 Å². The van der Waals surface area contributed by atoms with Crippen LogP contribution in [0, 0.1) is 5.92 Å². The number of carbonyl (C=O) groups is 1. The molecule has 0 amide bonds. The summed E-state index contributed by atoms with van der Waals surface area (Å²) in [6, 6.07) is 5.03. The van der Waals surface area contributed by atoms with Gasteiger partial charge in [-0.05, 0) is 30.4 Å². The zero-order valence-electron chi connectivity index (χ0n) is 12.8. The molecule has 2 aromatic rings. The Balaban J connectivity index is 1.93. The van der Waals surface area contributed by atoms with Crippen LogP contribution in [0.3, 0.4) is 0 Å². The summed E-state index contributed by atoms with van der Waals surface area (Å²) in [6.45, 7) is 0. The molecule has 2 aliphatic rings. The molecule has 0 unspecified atom stereocenters. The third-order valence-electron chi connectivity index (χ3n) is 4.35. The molecule has 2 atom stereocenters. The van der Waals surface area contributed by atoms with Crippen LogP contribution in [0.15, 0.2) is 35.1 Å². The van der Waals surface area contributed by atoms with Gasteiger partial charge in [0.25, 0.3) is 0 Å². The maximum absolute atomic E-state index is 12.7. The lowest BCUT2D eigenvalue weighted by atomic mass is 9.81. The number of rotatable bonds is 2. The molecule has 5 nitrogen and oxygen atoms in total. The molecule has 0 saturated carbocycles. The average molecular weight is 381 g/mol. The number of carbonyl (C=O) groups excluding carboxylic acids is 1. The quantitative estimate of drug-likeness (QED) is 0.791. The van der Waals surface area contributed by atoms with Crippen molar-refractivity contribution in [1.29, 1.82) is 0 Å². The molecule has 1 aromatic heterocycles.